The fourth-order valence-corrected chi connectivity index (χ4v) is 2.72. The molecule has 0 saturated carbocycles. The molecule has 0 aliphatic heterocycles. The second kappa shape index (κ2) is 7.11. The molecule has 124 valence electrons. The van der Waals surface area contributed by atoms with Crippen LogP contribution in [0.5, 0.6) is 0 Å². The van der Waals surface area contributed by atoms with Crippen molar-refractivity contribution in [3.8, 4) is 0 Å². The van der Waals surface area contributed by atoms with E-state index in [1.807, 2.05) is 37.2 Å². The van der Waals surface area contributed by atoms with Crippen LogP contribution >= 0.6 is 11.6 Å². The summed E-state index contributed by atoms with van der Waals surface area (Å²) in [5, 5.41) is 4.83. The van der Waals surface area contributed by atoms with Gasteiger partial charge in [0, 0.05) is 29.1 Å². The summed E-state index contributed by atoms with van der Waals surface area (Å²) in [4.78, 5) is 10.5. The SMILES string of the molecule is CN(C)Cc1cc(CNc2ncnc3cc(Cl)ccc23)ccc1F. The van der Waals surface area contributed by atoms with Gasteiger partial charge in [-0.25, -0.2) is 14.4 Å². The quantitative estimate of drug-likeness (QED) is 0.756. The minimum absolute atomic E-state index is 0.186. The van der Waals surface area contributed by atoms with Crippen LogP contribution < -0.4 is 5.32 Å². The monoisotopic (exact) mass is 344 g/mol. The van der Waals surface area contributed by atoms with E-state index in [2.05, 4.69) is 15.3 Å². The van der Waals surface area contributed by atoms with Gasteiger partial charge in [-0.2, -0.15) is 0 Å². The Kier molecular flexibility index (Phi) is 4.92. The van der Waals surface area contributed by atoms with Crippen molar-refractivity contribution in [2.24, 2.45) is 0 Å². The number of anilines is 1. The van der Waals surface area contributed by atoms with Crippen molar-refractivity contribution in [1.82, 2.24) is 14.9 Å². The standard InChI is InChI=1S/C18H18ClFN4/c1-24(2)10-13-7-12(3-6-16(13)20)9-21-18-15-5-4-14(19)8-17(15)22-11-23-18/h3-8,11H,9-10H2,1-2H3,(H,21,22,23). The second-order valence-electron chi connectivity index (χ2n) is 5.90. The Bertz CT molecular complexity index is 867. The third-order valence-corrected chi connectivity index (χ3v) is 3.89. The Morgan fingerprint density at radius 2 is 1.96 bits per heavy atom. The summed E-state index contributed by atoms with van der Waals surface area (Å²) in [6.45, 7) is 1.12. The van der Waals surface area contributed by atoms with Crippen LogP contribution in [0.3, 0.4) is 0 Å². The molecule has 3 rings (SSSR count). The van der Waals surface area contributed by atoms with Gasteiger partial charge in [0.05, 0.1) is 5.52 Å². The predicted octanol–water partition coefficient (Wildman–Crippen LogP) is 4.10. The molecule has 4 nitrogen and oxygen atoms in total. The molecule has 0 fully saturated rings. The zero-order chi connectivity index (χ0) is 17.1. The van der Waals surface area contributed by atoms with Crippen LogP contribution in [-0.2, 0) is 13.1 Å². The minimum Gasteiger partial charge on any atom is -0.365 e. The topological polar surface area (TPSA) is 41.0 Å². The molecule has 0 atom stereocenters. The largest absolute Gasteiger partial charge is 0.365 e. The highest BCUT2D eigenvalue weighted by Gasteiger charge is 2.07. The van der Waals surface area contributed by atoms with Gasteiger partial charge in [-0.1, -0.05) is 17.7 Å². The summed E-state index contributed by atoms with van der Waals surface area (Å²) >= 11 is 6.00. The average molecular weight is 345 g/mol. The minimum atomic E-state index is -0.186. The number of halogens is 2. The van der Waals surface area contributed by atoms with E-state index < -0.39 is 0 Å². The number of hydrogen-bond acceptors (Lipinski definition) is 4. The van der Waals surface area contributed by atoms with Crippen LogP contribution in [0.15, 0.2) is 42.7 Å². The average Bonchev–Trinajstić information content (AvgIpc) is 2.54. The highest BCUT2D eigenvalue weighted by Crippen LogP contribution is 2.23. The second-order valence-corrected chi connectivity index (χ2v) is 6.34. The number of benzene rings is 2. The molecule has 3 aromatic rings. The number of hydrogen-bond donors (Lipinski definition) is 1. The van der Waals surface area contributed by atoms with E-state index >= 15 is 0 Å². The molecule has 0 aliphatic rings. The van der Waals surface area contributed by atoms with Crippen molar-refractivity contribution in [2.75, 3.05) is 19.4 Å². The van der Waals surface area contributed by atoms with Gasteiger partial charge in [0.1, 0.15) is 18.0 Å². The fourth-order valence-electron chi connectivity index (χ4n) is 2.56. The lowest BCUT2D eigenvalue weighted by Crippen LogP contribution is -2.12. The van der Waals surface area contributed by atoms with Crippen molar-refractivity contribution in [3.63, 3.8) is 0 Å². The van der Waals surface area contributed by atoms with Crippen molar-refractivity contribution in [1.29, 1.82) is 0 Å². The molecule has 1 N–H and O–H groups in total. The Hall–Kier alpha value is -2.24. The lowest BCUT2D eigenvalue weighted by molar-refractivity contribution is 0.392. The first kappa shape index (κ1) is 16.6. The normalized spacial score (nSPS) is 11.2. The molecule has 0 unspecified atom stereocenters. The van der Waals surface area contributed by atoms with Gasteiger partial charge in [-0.15, -0.1) is 0 Å². The van der Waals surface area contributed by atoms with E-state index in [0.29, 0.717) is 23.7 Å². The molecule has 0 radical (unpaired) electrons. The zero-order valence-electron chi connectivity index (χ0n) is 13.6. The molecule has 1 heterocycles. The third-order valence-electron chi connectivity index (χ3n) is 3.66. The Morgan fingerprint density at radius 1 is 1.12 bits per heavy atom. The maximum atomic E-state index is 13.9. The fraction of sp³-hybridized carbons (Fsp3) is 0.222. The molecular weight excluding hydrogens is 327 g/mol. The highest BCUT2D eigenvalue weighted by atomic mass is 35.5. The van der Waals surface area contributed by atoms with Crippen LogP contribution in [0.2, 0.25) is 5.02 Å². The first-order valence-corrected chi connectivity index (χ1v) is 7.97. The van der Waals surface area contributed by atoms with Gasteiger partial charge in [0.2, 0.25) is 0 Å². The van der Waals surface area contributed by atoms with Crippen molar-refractivity contribution < 1.29 is 4.39 Å². The molecule has 0 saturated heterocycles. The number of nitrogens with one attached hydrogen (secondary N) is 1. The molecule has 1 aromatic heterocycles. The summed E-state index contributed by atoms with van der Waals surface area (Å²) in [5.74, 6) is 0.546. The van der Waals surface area contributed by atoms with Gasteiger partial charge < -0.3 is 10.2 Å². The lowest BCUT2D eigenvalue weighted by atomic mass is 10.1. The third kappa shape index (κ3) is 3.80. The van der Waals surface area contributed by atoms with E-state index in [-0.39, 0.29) is 5.82 Å². The first-order valence-electron chi connectivity index (χ1n) is 7.59. The molecular formula is C18H18ClFN4. The maximum Gasteiger partial charge on any atom is 0.137 e. The van der Waals surface area contributed by atoms with Crippen molar-refractivity contribution in [2.45, 2.75) is 13.1 Å². The van der Waals surface area contributed by atoms with Gasteiger partial charge >= 0.3 is 0 Å². The molecule has 6 heteroatoms. The molecule has 0 aliphatic carbocycles. The van der Waals surface area contributed by atoms with Crippen LogP contribution in [0, 0.1) is 5.82 Å². The van der Waals surface area contributed by atoms with Gasteiger partial charge in [0.25, 0.3) is 0 Å². The van der Waals surface area contributed by atoms with E-state index in [1.54, 1.807) is 12.1 Å². The number of rotatable bonds is 5. The molecule has 0 spiro atoms. The zero-order valence-corrected chi connectivity index (χ0v) is 14.3. The van der Waals surface area contributed by atoms with E-state index in [1.165, 1.54) is 12.4 Å². The van der Waals surface area contributed by atoms with E-state index in [9.17, 15) is 4.39 Å². The predicted molar refractivity (Wildman–Crippen MR) is 95.7 cm³/mol. The maximum absolute atomic E-state index is 13.9. The summed E-state index contributed by atoms with van der Waals surface area (Å²) in [5.41, 5.74) is 2.46. The Labute approximate surface area is 145 Å². The van der Waals surface area contributed by atoms with Crippen molar-refractivity contribution >= 4 is 28.3 Å². The number of aromatic nitrogens is 2. The molecule has 0 bridgehead atoms. The van der Waals surface area contributed by atoms with E-state index in [4.69, 9.17) is 11.6 Å². The summed E-state index contributed by atoms with van der Waals surface area (Å²) in [7, 11) is 3.84. The van der Waals surface area contributed by atoms with Gasteiger partial charge in [0.15, 0.2) is 0 Å². The molecule has 24 heavy (non-hydrogen) atoms. The first-order chi connectivity index (χ1) is 11.5. The summed E-state index contributed by atoms with van der Waals surface area (Å²) in [6, 6.07) is 10.7. The highest BCUT2D eigenvalue weighted by molar-refractivity contribution is 6.31. The number of fused-ring (bicyclic) bond motifs is 1. The Balaban J connectivity index is 1.81. The summed E-state index contributed by atoms with van der Waals surface area (Å²) < 4.78 is 13.9. The van der Waals surface area contributed by atoms with Crippen molar-refractivity contribution in [3.05, 3.63) is 64.7 Å². The van der Waals surface area contributed by atoms with Crippen LogP contribution in [0.25, 0.3) is 10.9 Å². The smallest absolute Gasteiger partial charge is 0.137 e. The van der Waals surface area contributed by atoms with Crippen LogP contribution in [0.1, 0.15) is 11.1 Å². The van der Waals surface area contributed by atoms with E-state index in [0.717, 1.165) is 22.3 Å². The summed E-state index contributed by atoms with van der Waals surface area (Å²) in [6.07, 6.45) is 1.50. The molecule has 0 amide bonds. The van der Waals surface area contributed by atoms with Gasteiger partial charge in [-0.05, 0) is 50.0 Å². The van der Waals surface area contributed by atoms with Crippen LogP contribution in [-0.4, -0.2) is 29.0 Å². The number of nitrogens with zero attached hydrogens (tertiary/aromatic N) is 3. The van der Waals surface area contributed by atoms with Crippen LogP contribution in [0.4, 0.5) is 10.2 Å². The molecule has 2 aromatic carbocycles. The van der Waals surface area contributed by atoms with Gasteiger partial charge in [-0.3, -0.25) is 0 Å². The Morgan fingerprint density at radius 3 is 2.75 bits per heavy atom. The lowest BCUT2D eigenvalue weighted by Gasteiger charge is -2.13.